The minimum atomic E-state index is -2.29. The Labute approximate surface area is 188 Å². The van der Waals surface area contributed by atoms with E-state index in [1.807, 2.05) is 5.43 Å². The lowest BCUT2D eigenvalue weighted by Gasteiger charge is -2.09. The fraction of sp³-hybridized carbons (Fsp3) is 0. The van der Waals surface area contributed by atoms with Crippen LogP contribution in [0.5, 0.6) is 0 Å². The van der Waals surface area contributed by atoms with Crippen LogP contribution in [0.3, 0.4) is 0 Å². The van der Waals surface area contributed by atoms with Gasteiger partial charge in [0.1, 0.15) is 0 Å². The molecule has 0 saturated heterocycles. The number of para-hydroxylation sites is 1. The van der Waals surface area contributed by atoms with Gasteiger partial charge < -0.3 is 0 Å². The molecule has 1 aromatic heterocycles. The molecule has 1 heterocycles. The fourth-order valence-corrected chi connectivity index (χ4v) is 3.21. The van der Waals surface area contributed by atoms with Gasteiger partial charge in [-0.25, -0.2) is 32.4 Å². The maximum Gasteiger partial charge on any atom is 0.272 e. The summed E-state index contributed by atoms with van der Waals surface area (Å²) in [4.78, 5) is 17.3. The van der Waals surface area contributed by atoms with Gasteiger partial charge in [-0.15, -0.1) is 0 Å². The lowest BCUT2D eigenvalue weighted by molar-refractivity contribution is 0.0956. The Morgan fingerprint density at radius 1 is 0.879 bits per heavy atom. The van der Waals surface area contributed by atoms with Crippen LogP contribution in [0.2, 0.25) is 5.02 Å². The highest BCUT2D eigenvalue weighted by atomic mass is 35.5. The van der Waals surface area contributed by atoms with E-state index in [1.165, 1.54) is 6.07 Å². The van der Waals surface area contributed by atoms with Crippen LogP contribution in [0.1, 0.15) is 15.9 Å². The molecular weight excluding hydrogens is 465 g/mol. The van der Waals surface area contributed by atoms with Crippen LogP contribution < -0.4 is 5.43 Å². The summed E-state index contributed by atoms with van der Waals surface area (Å²) in [6, 6.07) is 14.9. The molecule has 0 aliphatic carbocycles. The van der Waals surface area contributed by atoms with E-state index in [-0.39, 0.29) is 5.56 Å². The topological polar surface area (TPSA) is 54.4 Å². The molecule has 0 atom stereocenters. The van der Waals surface area contributed by atoms with Crippen molar-refractivity contribution in [3.63, 3.8) is 0 Å². The highest BCUT2D eigenvalue weighted by Crippen LogP contribution is 2.26. The quantitative estimate of drug-likeness (QED) is 0.129. The van der Waals surface area contributed by atoms with Gasteiger partial charge in [-0.1, -0.05) is 41.9 Å². The zero-order chi connectivity index (χ0) is 23.7. The molecule has 0 unspecified atom stereocenters. The molecule has 0 saturated carbocycles. The second-order valence-electron chi connectivity index (χ2n) is 6.76. The van der Waals surface area contributed by atoms with Crippen LogP contribution in [0, 0.1) is 29.1 Å². The predicted octanol–water partition coefficient (Wildman–Crippen LogP) is 6.01. The van der Waals surface area contributed by atoms with Crippen molar-refractivity contribution in [2.75, 3.05) is 0 Å². The number of nitrogens with zero attached hydrogens (tertiary/aromatic N) is 2. The maximum absolute atomic E-state index is 13.8. The first-order valence-electron chi connectivity index (χ1n) is 9.28. The van der Waals surface area contributed by atoms with Gasteiger partial charge in [0.05, 0.1) is 28.6 Å². The number of fused-ring (bicyclic) bond motifs is 1. The summed E-state index contributed by atoms with van der Waals surface area (Å²) in [5, 5.41) is 4.35. The van der Waals surface area contributed by atoms with Crippen molar-refractivity contribution < 1.29 is 26.7 Å². The normalized spacial score (nSPS) is 11.3. The van der Waals surface area contributed by atoms with E-state index in [2.05, 4.69) is 10.1 Å². The number of carbonyl (C=O) groups excluding carboxylic acids is 1. The number of pyridine rings is 1. The van der Waals surface area contributed by atoms with Crippen molar-refractivity contribution in [3.05, 3.63) is 99.8 Å². The van der Waals surface area contributed by atoms with Gasteiger partial charge in [0.25, 0.3) is 5.91 Å². The van der Waals surface area contributed by atoms with Gasteiger partial charge in [0.2, 0.25) is 5.82 Å². The molecule has 0 aliphatic heterocycles. The molecule has 3 aromatic carbocycles. The maximum atomic E-state index is 13.8. The first-order valence-corrected chi connectivity index (χ1v) is 9.66. The van der Waals surface area contributed by atoms with Crippen molar-refractivity contribution in [1.29, 1.82) is 0 Å². The number of nitrogens with one attached hydrogen (secondary N) is 1. The lowest BCUT2D eigenvalue weighted by atomic mass is 10.0. The number of benzene rings is 3. The van der Waals surface area contributed by atoms with E-state index in [0.717, 1.165) is 0 Å². The lowest BCUT2D eigenvalue weighted by Crippen LogP contribution is -2.19. The van der Waals surface area contributed by atoms with Gasteiger partial charge >= 0.3 is 0 Å². The summed E-state index contributed by atoms with van der Waals surface area (Å²) in [5.41, 5.74) is 2.49. The van der Waals surface area contributed by atoms with E-state index in [1.54, 1.807) is 48.5 Å². The Bertz CT molecular complexity index is 1400. The Kier molecular flexibility index (Phi) is 6.06. The number of hydrazone groups is 1. The van der Waals surface area contributed by atoms with Gasteiger partial charge in [0.15, 0.2) is 23.3 Å². The van der Waals surface area contributed by atoms with E-state index in [4.69, 9.17) is 11.6 Å². The highest BCUT2D eigenvalue weighted by Gasteiger charge is 2.24. The van der Waals surface area contributed by atoms with Crippen LogP contribution in [0.4, 0.5) is 22.0 Å². The van der Waals surface area contributed by atoms with E-state index in [0.29, 0.717) is 33.4 Å². The van der Waals surface area contributed by atoms with Crippen molar-refractivity contribution in [2.45, 2.75) is 0 Å². The van der Waals surface area contributed by atoms with E-state index < -0.39 is 40.6 Å². The molecule has 166 valence electrons. The number of hydrogen-bond donors (Lipinski definition) is 1. The van der Waals surface area contributed by atoms with Crippen LogP contribution >= 0.6 is 11.6 Å². The molecule has 1 amide bonds. The molecule has 33 heavy (non-hydrogen) atoms. The molecule has 10 heteroatoms. The number of rotatable bonds is 4. The largest absolute Gasteiger partial charge is 0.272 e. The minimum Gasteiger partial charge on any atom is -0.267 e. The highest BCUT2D eigenvalue weighted by molar-refractivity contribution is 6.30. The summed E-state index contributed by atoms with van der Waals surface area (Å²) in [6.07, 6.45) is 0.345. The molecule has 4 nitrogen and oxygen atoms in total. The average molecular weight is 476 g/mol. The molecule has 0 radical (unpaired) electrons. The molecule has 4 rings (SSSR count). The number of aromatic nitrogens is 1. The molecule has 0 fully saturated rings. The zero-order valence-electron chi connectivity index (χ0n) is 16.3. The Morgan fingerprint density at radius 3 is 2.15 bits per heavy atom. The molecule has 0 spiro atoms. The SMILES string of the molecule is O=C(NN=Cc1c(F)c(F)c(F)c(F)c1F)c1cc(-c2ccc(Cl)cc2)nc2ccccc12. The van der Waals surface area contributed by atoms with E-state index in [9.17, 15) is 26.7 Å². The van der Waals surface area contributed by atoms with Gasteiger partial charge in [-0.05, 0) is 24.3 Å². The van der Waals surface area contributed by atoms with Crippen molar-refractivity contribution in [3.8, 4) is 11.3 Å². The second-order valence-corrected chi connectivity index (χ2v) is 7.20. The van der Waals surface area contributed by atoms with E-state index >= 15 is 0 Å². The Morgan fingerprint density at radius 2 is 1.48 bits per heavy atom. The molecule has 1 N–H and O–H groups in total. The Hall–Kier alpha value is -3.85. The molecular formula is C23H11ClF5N3O. The number of hydrogen-bond acceptors (Lipinski definition) is 3. The molecule has 0 bridgehead atoms. The summed E-state index contributed by atoms with van der Waals surface area (Å²) < 4.78 is 67.4. The van der Waals surface area contributed by atoms with Crippen LogP contribution in [-0.2, 0) is 0 Å². The number of amides is 1. The third-order valence-corrected chi connectivity index (χ3v) is 4.96. The smallest absolute Gasteiger partial charge is 0.267 e. The number of carbonyl (C=O) groups is 1. The fourth-order valence-electron chi connectivity index (χ4n) is 3.08. The van der Waals surface area contributed by atoms with Crippen LogP contribution in [0.15, 0.2) is 59.7 Å². The summed E-state index contributed by atoms with van der Waals surface area (Å²) >= 11 is 5.91. The van der Waals surface area contributed by atoms with Crippen molar-refractivity contribution >= 4 is 34.6 Å². The van der Waals surface area contributed by atoms with Crippen LogP contribution in [-0.4, -0.2) is 17.1 Å². The monoisotopic (exact) mass is 475 g/mol. The summed E-state index contributed by atoms with van der Waals surface area (Å²) in [7, 11) is 0. The average Bonchev–Trinajstić information content (AvgIpc) is 2.83. The van der Waals surface area contributed by atoms with Gasteiger partial charge in [-0.2, -0.15) is 5.10 Å². The summed E-state index contributed by atoms with van der Waals surface area (Å²) in [5.74, 6) is -11.4. The predicted molar refractivity (Wildman–Crippen MR) is 113 cm³/mol. The minimum absolute atomic E-state index is 0.125. The first-order chi connectivity index (χ1) is 15.8. The van der Waals surface area contributed by atoms with Gasteiger partial charge in [-0.3, -0.25) is 4.79 Å². The second kappa shape index (κ2) is 8.95. The third-order valence-electron chi connectivity index (χ3n) is 4.70. The zero-order valence-corrected chi connectivity index (χ0v) is 17.1. The summed E-state index contributed by atoms with van der Waals surface area (Å²) in [6.45, 7) is 0. The molecule has 4 aromatic rings. The van der Waals surface area contributed by atoms with Crippen molar-refractivity contribution in [2.24, 2.45) is 5.10 Å². The third kappa shape index (κ3) is 4.27. The first kappa shape index (κ1) is 22.3. The number of halogens is 6. The molecule has 0 aliphatic rings. The van der Waals surface area contributed by atoms with Crippen molar-refractivity contribution in [1.82, 2.24) is 10.4 Å². The van der Waals surface area contributed by atoms with Crippen LogP contribution in [0.25, 0.3) is 22.2 Å². The standard InChI is InChI=1S/C23H11ClF5N3O/c24-12-7-5-11(6-8-12)17-9-14(13-3-1-2-4-16(13)31-17)23(33)32-30-10-15-18(25)20(27)22(29)21(28)19(15)26/h1-10H,(H,32,33). The van der Waals surface area contributed by atoms with Gasteiger partial charge in [0, 0.05) is 16.0 Å². The Balaban J connectivity index is 1.70.